The number of nitriles is 1. The predicted octanol–water partition coefficient (Wildman–Crippen LogP) is 2.30. The van der Waals surface area contributed by atoms with Gasteiger partial charge in [0.25, 0.3) is 0 Å². The first-order valence-corrected chi connectivity index (χ1v) is 7.85. The van der Waals surface area contributed by atoms with E-state index < -0.39 is 11.9 Å². The van der Waals surface area contributed by atoms with Crippen LogP contribution in [0.2, 0.25) is 0 Å². The number of likely N-dealkylation sites (N-methyl/N-ethyl adjacent to an activating group) is 1. The van der Waals surface area contributed by atoms with Gasteiger partial charge in [0.05, 0.1) is 11.6 Å². The number of aromatic nitrogens is 1. The Morgan fingerprint density at radius 3 is 2.56 bits per heavy atom. The number of carboxylic acids is 2. The Morgan fingerprint density at radius 2 is 2.04 bits per heavy atom. The zero-order valence-electron chi connectivity index (χ0n) is 13.8. The van der Waals surface area contributed by atoms with Crippen LogP contribution >= 0.6 is 0 Å². The first-order valence-electron chi connectivity index (χ1n) is 7.85. The van der Waals surface area contributed by atoms with Crippen LogP contribution in [0.15, 0.2) is 30.5 Å². The molecule has 25 heavy (non-hydrogen) atoms. The molecule has 1 aliphatic heterocycles. The van der Waals surface area contributed by atoms with Gasteiger partial charge in [0, 0.05) is 35.8 Å². The molecule has 0 saturated heterocycles. The molecule has 0 aliphatic carbocycles. The number of nitrogens with zero attached hydrogens (tertiary/aromatic N) is 2. The van der Waals surface area contributed by atoms with Gasteiger partial charge in [0.15, 0.2) is 0 Å². The van der Waals surface area contributed by atoms with E-state index in [1.165, 1.54) is 16.5 Å². The number of nitrogens with one attached hydrogen (secondary N) is 1. The molecule has 130 valence electrons. The van der Waals surface area contributed by atoms with Crippen molar-refractivity contribution in [1.29, 1.82) is 5.26 Å². The minimum Gasteiger partial charge on any atom is -0.473 e. The largest absolute Gasteiger partial charge is 0.473 e. The molecular formula is C18H19N3O4. The number of hydrogen-bond acceptors (Lipinski definition) is 4. The summed E-state index contributed by atoms with van der Waals surface area (Å²) in [6, 6.07) is 8.04. The van der Waals surface area contributed by atoms with Crippen molar-refractivity contribution in [2.24, 2.45) is 0 Å². The van der Waals surface area contributed by atoms with Crippen LogP contribution in [0.3, 0.4) is 0 Å². The van der Waals surface area contributed by atoms with Crippen molar-refractivity contribution in [3.63, 3.8) is 0 Å². The number of benzene rings is 1. The van der Waals surface area contributed by atoms with Crippen molar-refractivity contribution in [2.75, 3.05) is 19.6 Å². The maximum atomic E-state index is 9.10. The van der Waals surface area contributed by atoms with E-state index in [4.69, 9.17) is 25.1 Å². The normalized spacial score (nSPS) is 14.2. The molecule has 0 spiro atoms. The van der Waals surface area contributed by atoms with Crippen molar-refractivity contribution in [3.8, 4) is 6.07 Å². The lowest BCUT2D eigenvalue weighted by atomic mass is 9.98. The van der Waals surface area contributed by atoms with Gasteiger partial charge in [-0.25, -0.2) is 9.59 Å². The summed E-state index contributed by atoms with van der Waals surface area (Å²) in [7, 11) is 0. The van der Waals surface area contributed by atoms with E-state index in [2.05, 4.69) is 35.1 Å². The summed E-state index contributed by atoms with van der Waals surface area (Å²) in [4.78, 5) is 23.9. The molecule has 0 atom stereocenters. The van der Waals surface area contributed by atoms with Crippen molar-refractivity contribution in [2.45, 2.75) is 13.3 Å². The second-order valence-electron chi connectivity index (χ2n) is 5.56. The summed E-state index contributed by atoms with van der Waals surface area (Å²) < 4.78 is 0. The number of rotatable bonds is 2. The van der Waals surface area contributed by atoms with E-state index in [1.807, 2.05) is 18.2 Å². The van der Waals surface area contributed by atoms with Crippen molar-refractivity contribution >= 4 is 28.4 Å². The highest BCUT2D eigenvalue weighted by molar-refractivity contribution is 6.27. The third-order valence-electron chi connectivity index (χ3n) is 4.08. The van der Waals surface area contributed by atoms with Gasteiger partial charge in [0.2, 0.25) is 0 Å². The summed E-state index contributed by atoms with van der Waals surface area (Å²) in [5.74, 6) is -3.65. The Labute approximate surface area is 144 Å². The fraction of sp³-hybridized carbons (Fsp3) is 0.278. The summed E-state index contributed by atoms with van der Waals surface area (Å²) in [6.45, 7) is 5.48. The van der Waals surface area contributed by atoms with Crippen molar-refractivity contribution in [1.82, 2.24) is 9.88 Å². The third kappa shape index (κ3) is 4.46. The molecule has 7 heteroatoms. The Hall–Kier alpha value is -3.11. The standard InChI is InChI=1S/C16H17N3.C2H2O4/c1-2-19-7-5-13(6-8-19)15-11-18-16-9-12(10-17)3-4-14(15)16;3-1(4)2(5)6/h3-5,9,11,18H,2,6-8H2,1H3;(H,3,4)(H,5,6). The van der Waals surface area contributed by atoms with Gasteiger partial charge in [-0.05, 0) is 30.7 Å². The molecule has 0 saturated carbocycles. The number of hydrogen-bond donors (Lipinski definition) is 3. The van der Waals surface area contributed by atoms with Crippen LogP contribution in [-0.2, 0) is 9.59 Å². The maximum Gasteiger partial charge on any atom is 0.414 e. The number of carboxylic acid groups (broad SMARTS) is 2. The van der Waals surface area contributed by atoms with Crippen LogP contribution in [0.5, 0.6) is 0 Å². The second-order valence-corrected chi connectivity index (χ2v) is 5.56. The highest BCUT2D eigenvalue weighted by atomic mass is 16.4. The van der Waals surface area contributed by atoms with Gasteiger partial charge >= 0.3 is 11.9 Å². The fourth-order valence-electron chi connectivity index (χ4n) is 2.70. The lowest BCUT2D eigenvalue weighted by molar-refractivity contribution is -0.159. The first kappa shape index (κ1) is 18.2. The number of fused-ring (bicyclic) bond motifs is 1. The van der Waals surface area contributed by atoms with E-state index in [1.54, 1.807) is 0 Å². The van der Waals surface area contributed by atoms with Crippen molar-refractivity contribution in [3.05, 3.63) is 41.6 Å². The summed E-state index contributed by atoms with van der Waals surface area (Å²) in [5, 5.41) is 24.9. The van der Waals surface area contributed by atoms with Crippen LogP contribution in [0.4, 0.5) is 0 Å². The van der Waals surface area contributed by atoms with Gasteiger partial charge in [-0.1, -0.05) is 19.1 Å². The van der Waals surface area contributed by atoms with E-state index in [9.17, 15) is 0 Å². The van der Waals surface area contributed by atoms with E-state index >= 15 is 0 Å². The van der Waals surface area contributed by atoms with Gasteiger partial charge in [-0.15, -0.1) is 0 Å². The minimum atomic E-state index is -1.82. The SMILES string of the molecule is CCN1CC=C(c2c[nH]c3cc(C#N)ccc23)CC1.O=C(O)C(=O)O. The highest BCUT2D eigenvalue weighted by Crippen LogP contribution is 2.29. The molecule has 0 amide bonds. The predicted molar refractivity (Wildman–Crippen MR) is 93.0 cm³/mol. The average Bonchev–Trinajstić information content (AvgIpc) is 3.05. The zero-order valence-corrected chi connectivity index (χ0v) is 13.8. The molecule has 7 nitrogen and oxygen atoms in total. The topological polar surface area (TPSA) is 117 Å². The van der Waals surface area contributed by atoms with Crippen LogP contribution in [-0.4, -0.2) is 51.7 Å². The van der Waals surface area contributed by atoms with E-state index in [0.29, 0.717) is 5.56 Å². The van der Waals surface area contributed by atoms with Crippen LogP contribution in [0.1, 0.15) is 24.5 Å². The number of aromatic amines is 1. The third-order valence-corrected chi connectivity index (χ3v) is 4.08. The molecule has 0 fully saturated rings. The number of aliphatic carboxylic acids is 2. The van der Waals surface area contributed by atoms with Gasteiger partial charge in [0.1, 0.15) is 0 Å². The molecule has 2 heterocycles. The average molecular weight is 341 g/mol. The molecule has 1 aliphatic rings. The van der Waals surface area contributed by atoms with E-state index in [0.717, 1.165) is 31.6 Å². The van der Waals surface area contributed by atoms with Gasteiger partial charge in [-0.3, -0.25) is 4.90 Å². The molecule has 0 unspecified atom stereocenters. The quantitative estimate of drug-likeness (QED) is 0.722. The smallest absolute Gasteiger partial charge is 0.414 e. The lowest BCUT2D eigenvalue weighted by Gasteiger charge is -2.24. The second kappa shape index (κ2) is 8.13. The Bertz CT molecular complexity index is 849. The zero-order chi connectivity index (χ0) is 18.4. The summed E-state index contributed by atoms with van der Waals surface area (Å²) in [6.07, 6.45) is 5.49. The fourth-order valence-corrected chi connectivity index (χ4v) is 2.70. The van der Waals surface area contributed by atoms with Gasteiger partial charge < -0.3 is 15.2 Å². The van der Waals surface area contributed by atoms with E-state index in [-0.39, 0.29) is 0 Å². The van der Waals surface area contributed by atoms with Crippen LogP contribution < -0.4 is 0 Å². The molecule has 3 rings (SSSR count). The maximum absolute atomic E-state index is 9.10. The molecular weight excluding hydrogens is 322 g/mol. The Kier molecular flexibility index (Phi) is 5.93. The Balaban J connectivity index is 0.000000326. The minimum absolute atomic E-state index is 0.704. The Morgan fingerprint density at radius 1 is 1.32 bits per heavy atom. The summed E-state index contributed by atoms with van der Waals surface area (Å²) in [5.41, 5.74) is 4.46. The first-order chi connectivity index (χ1) is 12.0. The van der Waals surface area contributed by atoms with Gasteiger partial charge in [-0.2, -0.15) is 5.26 Å². The van der Waals surface area contributed by atoms with Crippen LogP contribution in [0.25, 0.3) is 16.5 Å². The molecule has 3 N–H and O–H groups in total. The molecule has 0 bridgehead atoms. The van der Waals surface area contributed by atoms with Crippen molar-refractivity contribution < 1.29 is 19.8 Å². The molecule has 1 aromatic heterocycles. The monoisotopic (exact) mass is 341 g/mol. The molecule has 0 radical (unpaired) electrons. The molecule has 1 aromatic carbocycles. The highest BCUT2D eigenvalue weighted by Gasteiger charge is 2.14. The molecule has 2 aromatic rings. The lowest BCUT2D eigenvalue weighted by Crippen LogP contribution is -2.27. The summed E-state index contributed by atoms with van der Waals surface area (Å²) >= 11 is 0. The number of H-pyrrole nitrogens is 1. The van der Waals surface area contributed by atoms with Crippen LogP contribution in [0, 0.1) is 11.3 Å². The number of carbonyl (C=O) groups is 2.